The van der Waals surface area contributed by atoms with E-state index in [1.54, 1.807) is 6.92 Å². The SMILES string of the molecule is CCc1cccc(C)c1NC(=O)C(C)n1cnc2scc(-c3ccc4c(c3)CCCC4)c2c1=O. The number of para-hydroxylation sites is 1. The molecule has 1 aliphatic rings. The number of anilines is 1. The summed E-state index contributed by atoms with van der Waals surface area (Å²) in [6.45, 7) is 5.80. The van der Waals surface area contributed by atoms with Crippen LogP contribution in [0.4, 0.5) is 5.69 Å². The van der Waals surface area contributed by atoms with Gasteiger partial charge in [0, 0.05) is 16.6 Å². The number of aromatic nitrogens is 2. The molecule has 4 aromatic rings. The van der Waals surface area contributed by atoms with E-state index in [9.17, 15) is 9.59 Å². The Morgan fingerprint density at radius 3 is 2.76 bits per heavy atom. The lowest BCUT2D eigenvalue weighted by Gasteiger charge is -2.18. The largest absolute Gasteiger partial charge is 0.324 e. The molecule has 2 aromatic heterocycles. The van der Waals surface area contributed by atoms with Crippen molar-refractivity contribution in [1.82, 2.24) is 9.55 Å². The molecule has 34 heavy (non-hydrogen) atoms. The van der Waals surface area contributed by atoms with Gasteiger partial charge in [-0.2, -0.15) is 0 Å². The van der Waals surface area contributed by atoms with Gasteiger partial charge < -0.3 is 5.32 Å². The van der Waals surface area contributed by atoms with Crippen molar-refractivity contribution < 1.29 is 4.79 Å². The van der Waals surface area contributed by atoms with Crippen molar-refractivity contribution in [2.75, 3.05) is 5.32 Å². The molecule has 6 heteroatoms. The van der Waals surface area contributed by atoms with E-state index >= 15 is 0 Å². The molecule has 1 amide bonds. The van der Waals surface area contributed by atoms with E-state index in [4.69, 9.17) is 0 Å². The second-order valence-corrected chi connectivity index (χ2v) is 9.96. The monoisotopic (exact) mass is 471 g/mol. The van der Waals surface area contributed by atoms with Crippen molar-refractivity contribution in [2.24, 2.45) is 0 Å². The molecule has 0 radical (unpaired) electrons. The van der Waals surface area contributed by atoms with Crippen LogP contribution in [-0.4, -0.2) is 15.5 Å². The van der Waals surface area contributed by atoms with Crippen LogP contribution in [0.3, 0.4) is 0 Å². The maximum Gasteiger partial charge on any atom is 0.263 e. The van der Waals surface area contributed by atoms with Crippen LogP contribution in [0.2, 0.25) is 0 Å². The lowest BCUT2D eigenvalue weighted by Crippen LogP contribution is -2.32. The first kappa shape index (κ1) is 22.5. The highest BCUT2D eigenvalue weighted by atomic mass is 32.1. The number of carbonyl (C=O) groups excluding carboxylic acids is 1. The fourth-order valence-electron chi connectivity index (χ4n) is 4.89. The Bertz CT molecular complexity index is 1450. The van der Waals surface area contributed by atoms with Crippen LogP contribution in [0.15, 0.2) is 52.9 Å². The van der Waals surface area contributed by atoms with Gasteiger partial charge in [0.25, 0.3) is 5.56 Å². The minimum atomic E-state index is -0.690. The zero-order chi connectivity index (χ0) is 23.8. The Morgan fingerprint density at radius 1 is 1.18 bits per heavy atom. The van der Waals surface area contributed by atoms with Crippen LogP contribution in [0.25, 0.3) is 21.3 Å². The molecule has 1 unspecified atom stereocenters. The molecule has 5 rings (SSSR count). The number of aryl methyl sites for hydroxylation is 4. The lowest BCUT2D eigenvalue weighted by atomic mass is 9.89. The van der Waals surface area contributed by atoms with Crippen LogP contribution >= 0.6 is 11.3 Å². The Balaban J connectivity index is 1.51. The van der Waals surface area contributed by atoms with E-state index in [1.807, 2.05) is 30.5 Å². The van der Waals surface area contributed by atoms with Crippen LogP contribution in [0.1, 0.15) is 55.0 Å². The van der Waals surface area contributed by atoms with Crippen molar-refractivity contribution >= 4 is 33.1 Å². The zero-order valence-electron chi connectivity index (χ0n) is 19.9. The molecule has 0 saturated carbocycles. The highest BCUT2D eigenvalue weighted by Gasteiger charge is 2.22. The second-order valence-electron chi connectivity index (χ2n) is 9.10. The topological polar surface area (TPSA) is 64.0 Å². The number of fused-ring (bicyclic) bond motifs is 2. The third-order valence-corrected chi connectivity index (χ3v) is 7.85. The summed E-state index contributed by atoms with van der Waals surface area (Å²) in [6.07, 6.45) is 6.98. The first-order valence-electron chi connectivity index (χ1n) is 12.0. The molecule has 2 aromatic carbocycles. The summed E-state index contributed by atoms with van der Waals surface area (Å²) < 4.78 is 1.45. The van der Waals surface area contributed by atoms with Crippen molar-refractivity contribution in [3.05, 3.63) is 80.7 Å². The van der Waals surface area contributed by atoms with Crippen molar-refractivity contribution in [2.45, 2.75) is 58.9 Å². The maximum atomic E-state index is 13.6. The van der Waals surface area contributed by atoms with Gasteiger partial charge in [0.15, 0.2) is 0 Å². The van der Waals surface area contributed by atoms with Crippen molar-refractivity contribution in [3.8, 4) is 11.1 Å². The average Bonchev–Trinajstić information content (AvgIpc) is 3.30. The van der Waals surface area contributed by atoms with Crippen LogP contribution in [-0.2, 0) is 24.1 Å². The minimum Gasteiger partial charge on any atom is -0.324 e. The fraction of sp³-hybridized carbons (Fsp3) is 0.321. The third kappa shape index (κ3) is 3.96. The summed E-state index contributed by atoms with van der Waals surface area (Å²) in [5, 5.41) is 5.66. The van der Waals surface area contributed by atoms with Gasteiger partial charge in [-0.1, -0.05) is 43.3 Å². The molecule has 1 atom stereocenters. The summed E-state index contributed by atoms with van der Waals surface area (Å²) in [4.78, 5) is 32.0. The molecule has 2 heterocycles. The number of carbonyl (C=O) groups is 1. The van der Waals surface area contributed by atoms with Gasteiger partial charge in [-0.05, 0) is 73.8 Å². The molecular formula is C28H29N3O2S. The predicted octanol–water partition coefficient (Wildman–Crippen LogP) is 6.07. The number of nitrogens with zero attached hydrogens (tertiary/aromatic N) is 2. The quantitative estimate of drug-likeness (QED) is 0.384. The first-order valence-corrected chi connectivity index (χ1v) is 12.9. The van der Waals surface area contributed by atoms with E-state index in [1.165, 1.54) is 46.2 Å². The summed E-state index contributed by atoms with van der Waals surface area (Å²) in [6, 6.07) is 11.8. The highest BCUT2D eigenvalue weighted by Crippen LogP contribution is 2.33. The van der Waals surface area contributed by atoms with E-state index in [0.29, 0.717) is 10.2 Å². The molecule has 0 spiro atoms. The van der Waals surface area contributed by atoms with Crippen LogP contribution in [0.5, 0.6) is 0 Å². The van der Waals surface area contributed by atoms with Gasteiger partial charge in [-0.25, -0.2) is 4.98 Å². The number of rotatable bonds is 5. The number of nitrogens with one attached hydrogen (secondary N) is 1. The number of hydrogen-bond donors (Lipinski definition) is 1. The first-order chi connectivity index (χ1) is 16.5. The van der Waals surface area contributed by atoms with Crippen molar-refractivity contribution in [3.63, 3.8) is 0 Å². The van der Waals surface area contributed by atoms with E-state index in [0.717, 1.165) is 47.2 Å². The van der Waals surface area contributed by atoms with Gasteiger partial charge in [0.1, 0.15) is 10.9 Å². The predicted molar refractivity (Wildman–Crippen MR) is 140 cm³/mol. The summed E-state index contributed by atoms with van der Waals surface area (Å²) in [5.41, 5.74) is 7.48. The van der Waals surface area contributed by atoms with Crippen LogP contribution in [0, 0.1) is 6.92 Å². The smallest absolute Gasteiger partial charge is 0.263 e. The molecule has 174 valence electrons. The molecular weight excluding hydrogens is 442 g/mol. The molecule has 0 saturated heterocycles. The maximum absolute atomic E-state index is 13.6. The van der Waals surface area contributed by atoms with Crippen LogP contribution < -0.4 is 10.9 Å². The molecule has 0 aliphatic heterocycles. The number of amides is 1. The van der Waals surface area contributed by atoms with E-state index in [-0.39, 0.29) is 11.5 Å². The molecule has 0 bridgehead atoms. The number of thiophene rings is 1. The van der Waals surface area contributed by atoms with Gasteiger partial charge >= 0.3 is 0 Å². The van der Waals surface area contributed by atoms with Gasteiger partial charge in [0.05, 0.1) is 11.7 Å². The van der Waals surface area contributed by atoms with E-state index in [2.05, 4.69) is 35.4 Å². The second kappa shape index (κ2) is 9.18. The van der Waals surface area contributed by atoms with Gasteiger partial charge in [-0.3, -0.25) is 14.2 Å². The molecule has 1 aliphatic carbocycles. The fourth-order valence-corrected chi connectivity index (χ4v) is 5.80. The number of hydrogen-bond acceptors (Lipinski definition) is 4. The Hall–Kier alpha value is -3.25. The van der Waals surface area contributed by atoms with Gasteiger partial charge in [-0.15, -0.1) is 11.3 Å². The normalized spacial score (nSPS) is 14.1. The lowest BCUT2D eigenvalue weighted by molar-refractivity contribution is -0.118. The Labute approximate surface area is 203 Å². The van der Waals surface area contributed by atoms with Gasteiger partial charge in [0.2, 0.25) is 5.91 Å². The number of benzene rings is 2. The Morgan fingerprint density at radius 2 is 1.97 bits per heavy atom. The van der Waals surface area contributed by atoms with Crippen molar-refractivity contribution in [1.29, 1.82) is 0 Å². The standard InChI is InChI=1S/C28H29N3O2S/c1-4-19-11-7-8-17(2)25(19)30-26(32)18(3)31-16-29-27-24(28(31)33)23(15-34-27)22-13-12-20-9-5-6-10-21(20)14-22/h7-8,11-16,18H,4-6,9-10H2,1-3H3,(H,30,32). The van der Waals surface area contributed by atoms with E-state index < -0.39 is 6.04 Å². The molecule has 1 N–H and O–H groups in total. The summed E-state index contributed by atoms with van der Waals surface area (Å²) >= 11 is 1.47. The third-order valence-electron chi connectivity index (χ3n) is 6.96. The molecule has 5 nitrogen and oxygen atoms in total. The summed E-state index contributed by atoms with van der Waals surface area (Å²) in [5.74, 6) is -0.224. The zero-order valence-corrected chi connectivity index (χ0v) is 20.7. The highest BCUT2D eigenvalue weighted by molar-refractivity contribution is 7.17. The minimum absolute atomic E-state index is 0.179. The average molecular weight is 472 g/mol. The Kier molecular flexibility index (Phi) is 6.09. The summed E-state index contributed by atoms with van der Waals surface area (Å²) in [7, 11) is 0. The molecule has 0 fully saturated rings.